The number of nitrogens with zero attached hydrogens (tertiary/aromatic N) is 3. The Morgan fingerprint density at radius 2 is 1.72 bits per heavy atom. The molecule has 208 valence electrons. The first kappa shape index (κ1) is 28.9. The minimum Gasteiger partial charge on any atom is -0.371 e. The Hall–Kier alpha value is -3.09. The van der Waals surface area contributed by atoms with Crippen LogP contribution >= 0.6 is 0 Å². The molecular weight excluding hydrogens is 484 g/mol. The second kappa shape index (κ2) is 12.4. The molecule has 4 rings (SSSR count). The number of ketones is 2. The van der Waals surface area contributed by atoms with Crippen LogP contribution in [0.1, 0.15) is 74.0 Å². The maximum atomic E-state index is 13.7. The van der Waals surface area contributed by atoms with Gasteiger partial charge in [0, 0.05) is 61.0 Å². The van der Waals surface area contributed by atoms with E-state index in [0.717, 1.165) is 77.0 Å². The quantitative estimate of drug-likeness (QED) is 0.410. The third-order valence-corrected chi connectivity index (χ3v) is 8.36. The van der Waals surface area contributed by atoms with Crippen molar-refractivity contribution in [2.24, 2.45) is 11.7 Å². The molecule has 2 aliphatic carbocycles. The molecule has 0 aliphatic heterocycles. The number of rotatable bonds is 9. The molecule has 1 unspecified atom stereocenters. The fourth-order valence-corrected chi connectivity index (χ4v) is 6.05. The SMILES string of the molecule is CC1=CC(=O)C(CCC(=O)c2cc(-c3ccc(CN(C)C)nc3)cc(N(C)C3CCC(N)CC3)c2C)C(C)=C1. The minimum atomic E-state index is -0.219. The lowest BCUT2D eigenvalue weighted by atomic mass is 9.84. The normalized spacial score (nSPS) is 21.5. The summed E-state index contributed by atoms with van der Waals surface area (Å²) in [6, 6.07) is 9.05. The summed E-state index contributed by atoms with van der Waals surface area (Å²) >= 11 is 0. The van der Waals surface area contributed by atoms with Gasteiger partial charge >= 0.3 is 0 Å². The lowest BCUT2D eigenvalue weighted by molar-refractivity contribution is -0.117. The van der Waals surface area contributed by atoms with E-state index in [1.807, 2.05) is 40.2 Å². The summed E-state index contributed by atoms with van der Waals surface area (Å²) in [6.45, 7) is 6.76. The maximum Gasteiger partial charge on any atom is 0.163 e. The summed E-state index contributed by atoms with van der Waals surface area (Å²) < 4.78 is 0. The number of allylic oxidation sites excluding steroid dienone is 4. The Bertz CT molecular complexity index is 1270. The van der Waals surface area contributed by atoms with Crippen LogP contribution in [0.4, 0.5) is 5.69 Å². The van der Waals surface area contributed by atoms with Crippen LogP contribution in [0.5, 0.6) is 0 Å². The molecule has 1 aromatic heterocycles. The van der Waals surface area contributed by atoms with Gasteiger partial charge in [0.1, 0.15) is 0 Å². The monoisotopic (exact) mass is 528 g/mol. The van der Waals surface area contributed by atoms with Gasteiger partial charge in [-0.1, -0.05) is 17.7 Å². The molecule has 39 heavy (non-hydrogen) atoms. The number of carbonyl (C=O) groups is 2. The summed E-state index contributed by atoms with van der Waals surface area (Å²) in [4.78, 5) is 35.5. The molecule has 2 N–H and O–H groups in total. The summed E-state index contributed by atoms with van der Waals surface area (Å²) in [5.74, 6) is -0.0347. The van der Waals surface area contributed by atoms with Gasteiger partial charge in [-0.15, -0.1) is 0 Å². The fourth-order valence-electron chi connectivity index (χ4n) is 6.05. The molecule has 1 fully saturated rings. The number of hydrogen-bond donors (Lipinski definition) is 1. The average Bonchev–Trinajstić information content (AvgIpc) is 2.88. The molecule has 1 atom stereocenters. The third kappa shape index (κ3) is 6.92. The Labute approximate surface area is 234 Å². The van der Waals surface area contributed by atoms with E-state index in [9.17, 15) is 9.59 Å². The summed E-state index contributed by atoms with van der Waals surface area (Å²) in [7, 11) is 6.20. The van der Waals surface area contributed by atoms with Crippen LogP contribution in [-0.4, -0.2) is 54.7 Å². The van der Waals surface area contributed by atoms with Crippen molar-refractivity contribution in [3.05, 3.63) is 70.6 Å². The van der Waals surface area contributed by atoms with Crippen molar-refractivity contribution in [1.82, 2.24) is 9.88 Å². The molecule has 1 saturated carbocycles. The molecule has 1 aromatic carbocycles. The molecule has 2 aliphatic rings. The van der Waals surface area contributed by atoms with Crippen LogP contribution in [0.25, 0.3) is 11.1 Å². The summed E-state index contributed by atoms with van der Waals surface area (Å²) in [5.41, 5.74) is 14.0. The van der Waals surface area contributed by atoms with Gasteiger partial charge in [-0.25, -0.2) is 0 Å². The van der Waals surface area contributed by atoms with Crippen molar-refractivity contribution in [2.45, 2.75) is 77.9 Å². The molecule has 0 bridgehead atoms. The molecule has 0 amide bonds. The Morgan fingerprint density at radius 3 is 2.33 bits per heavy atom. The highest BCUT2D eigenvalue weighted by molar-refractivity contribution is 6.01. The van der Waals surface area contributed by atoms with Crippen molar-refractivity contribution in [1.29, 1.82) is 0 Å². The van der Waals surface area contributed by atoms with Gasteiger partial charge in [0.05, 0.1) is 5.69 Å². The zero-order valence-electron chi connectivity index (χ0n) is 24.5. The number of hydrogen-bond acceptors (Lipinski definition) is 6. The molecule has 2 aromatic rings. The average molecular weight is 529 g/mol. The van der Waals surface area contributed by atoms with Gasteiger partial charge in [0.15, 0.2) is 11.6 Å². The number of Topliss-reactive ketones (excluding diaryl/α,β-unsaturated/α-hetero) is 1. The van der Waals surface area contributed by atoms with E-state index in [1.165, 1.54) is 0 Å². The summed E-state index contributed by atoms with van der Waals surface area (Å²) in [6.07, 6.45) is 10.7. The van der Waals surface area contributed by atoms with Gasteiger partial charge in [-0.2, -0.15) is 0 Å². The Morgan fingerprint density at radius 1 is 1.00 bits per heavy atom. The second-order valence-corrected chi connectivity index (χ2v) is 11.8. The van der Waals surface area contributed by atoms with E-state index in [2.05, 4.69) is 53.0 Å². The van der Waals surface area contributed by atoms with Crippen molar-refractivity contribution >= 4 is 17.3 Å². The zero-order valence-corrected chi connectivity index (χ0v) is 24.5. The highest BCUT2D eigenvalue weighted by atomic mass is 16.1. The van der Waals surface area contributed by atoms with Gasteiger partial charge in [-0.3, -0.25) is 14.6 Å². The highest BCUT2D eigenvalue weighted by Crippen LogP contribution is 2.35. The molecular formula is C33H44N4O2. The van der Waals surface area contributed by atoms with Crippen molar-refractivity contribution < 1.29 is 9.59 Å². The largest absolute Gasteiger partial charge is 0.371 e. The standard InChI is InChI=1S/C33H44N4O2/c1-21-15-22(2)29(33(39)16-21)13-14-32(38)30-17-25(24-7-10-27(35-19-24)20-36(4)5)18-31(23(30)3)37(6)28-11-8-26(34)9-12-28/h7,10,15-19,26,28-29H,8-9,11-14,20,34H2,1-6H3. The number of carbonyl (C=O) groups excluding carboxylic acids is 2. The van der Waals surface area contributed by atoms with E-state index in [4.69, 9.17) is 5.73 Å². The zero-order chi connectivity index (χ0) is 28.3. The lowest BCUT2D eigenvalue weighted by Crippen LogP contribution is -2.39. The number of nitrogens with two attached hydrogens (primary N) is 1. The molecule has 6 heteroatoms. The second-order valence-electron chi connectivity index (χ2n) is 11.8. The molecule has 6 nitrogen and oxygen atoms in total. The molecule has 0 spiro atoms. The first-order valence-corrected chi connectivity index (χ1v) is 14.2. The van der Waals surface area contributed by atoms with Crippen LogP contribution in [-0.2, 0) is 11.3 Å². The van der Waals surface area contributed by atoms with Crippen LogP contribution < -0.4 is 10.6 Å². The van der Waals surface area contributed by atoms with Crippen molar-refractivity contribution in [3.63, 3.8) is 0 Å². The smallest absolute Gasteiger partial charge is 0.163 e. The third-order valence-electron chi connectivity index (χ3n) is 8.36. The number of aromatic nitrogens is 1. The van der Waals surface area contributed by atoms with E-state index < -0.39 is 0 Å². The summed E-state index contributed by atoms with van der Waals surface area (Å²) in [5, 5.41) is 0. The van der Waals surface area contributed by atoms with E-state index in [0.29, 0.717) is 18.9 Å². The highest BCUT2D eigenvalue weighted by Gasteiger charge is 2.27. The maximum absolute atomic E-state index is 13.7. The van der Waals surface area contributed by atoms with Crippen LogP contribution in [0, 0.1) is 12.8 Å². The van der Waals surface area contributed by atoms with Crippen LogP contribution in [0.2, 0.25) is 0 Å². The van der Waals surface area contributed by atoms with Crippen LogP contribution in [0.3, 0.4) is 0 Å². The Kier molecular flexibility index (Phi) is 9.19. The van der Waals surface area contributed by atoms with Crippen molar-refractivity contribution in [2.75, 3.05) is 26.0 Å². The van der Waals surface area contributed by atoms with Gasteiger partial charge in [-0.05, 0) is 108 Å². The predicted molar refractivity (Wildman–Crippen MR) is 160 cm³/mol. The van der Waals surface area contributed by atoms with Gasteiger partial charge < -0.3 is 15.5 Å². The van der Waals surface area contributed by atoms with Gasteiger partial charge in [0.2, 0.25) is 0 Å². The van der Waals surface area contributed by atoms with Crippen LogP contribution in [0.15, 0.2) is 53.8 Å². The first-order valence-electron chi connectivity index (χ1n) is 14.2. The minimum absolute atomic E-state index is 0.0822. The lowest BCUT2D eigenvalue weighted by Gasteiger charge is -2.36. The van der Waals surface area contributed by atoms with E-state index >= 15 is 0 Å². The van der Waals surface area contributed by atoms with Gasteiger partial charge in [0.25, 0.3) is 0 Å². The topological polar surface area (TPSA) is 79.5 Å². The molecule has 0 saturated heterocycles. The van der Waals surface area contributed by atoms with E-state index in [1.54, 1.807) is 6.08 Å². The number of anilines is 1. The first-order chi connectivity index (χ1) is 18.5. The van der Waals surface area contributed by atoms with E-state index in [-0.39, 0.29) is 23.5 Å². The number of benzene rings is 1. The predicted octanol–water partition coefficient (Wildman–Crippen LogP) is 5.88. The molecule has 1 heterocycles. The van der Waals surface area contributed by atoms with Crippen molar-refractivity contribution in [3.8, 4) is 11.1 Å². The Balaban J connectivity index is 1.65. The molecule has 0 radical (unpaired) electrons. The number of pyridine rings is 1. The fraction of sp³-hybridized carbons (Fsp3) is 0.485.